The molecule has 8 heteroatoms. The number of nitrogens with zero attached hydrogens (tertiary/aromatic N) is 5. The summed E-state index contributed by atoms with van der Waals surface area (Å²) in [4.78, 5) is 27.1. The van der Waals surface area contributed by atoms with E-state index in [-0.39, 0.29) is 6.03 Å². The van der Waals surface area contributed by atoms with Crippen molar-refractivity contribution in [2.45, 2.75) is 26.2 Å². The number of amides is 2. The zero-order valence-corrected chi connectivity index (χ0v) is 15.7. The highest BCUT2D eigenvalue weighted by Crippen LogP contribution is 2.22. The van der Waals surface area contributed by atoms with Crippen LogP contribution in [0, 0.1) is 12.8 Å². The Kier molecular flexibility index (Phi) is 5.27. The van der Waals surface area contributed by atoms with Crippen molar-refractivity contribution in [3.63, 3.8) is 0 Å². The lowest BCUT2D eigenvalue weighted by molar-refractivity contribution is 0.176. The van der Waals surface area contributed by atoms with Crippen molar-refractivity contribution in [1.82, 2.24) is 25.0 Å². The quantitative estimate of drug-likeness (QED) is 0.748. The molecule has 1 aliphatic rings. The second kappa shape index (κ2) is 8.16. The minimum absolute atomic E-state index is 0.0661. The van der Waals surface area contributed by atoms with E-state index >= 15 is 0 Å². The van der Waals surface area contributed by atoms with Crippen LogP contribution in [0.25, 0.3) is 11.6 Å². The van der Waals surface area contributed by atoms with Crippen LogP contribution in [0.4, 0.5) is 10.5 Å². The number of likely N-dealkylation sites (tertiary alicyclic amines) is 1. The Bertz CT molecular complexity index is 943. The number of carbonyl (C=O) groups excluding carboxylic acids is 1. The topological polar surface area (TPSA) is 97.0 Å². The number of nitrogens with one attached hydrogen (secondary N) is 1. The van der Waals surface area contributed by atoms with Gasteiger partial charge in [0.15, 0.2) is 5.82 Å². The molecule has 1 saturated heterocycles. The van der Waals surface area contributed by atoms with Crippen LogP contribution >= 0.6 is 0 Å². The van der Waals surface area contributed by atoms with Crippen LogP contribution in [0.2, 0.25) is 0 Å². The van der Waals surface area contributed by atoms with E-state index in [0.29, 0.717) is 36.3 Å². The van der Waals surface area contributed by atoms with Gasteiger partial charge in [0.05, 0.1) is 6.20 Å². The number of urea groups is 1. The Balaban J connectivity index is 1.36. The molecule has 1 N–H and O–H groups in total. The number of piperidine rings is 1. The van der Waals surface area contributed by atoms with Gasteiger partial charge < -0.3 is 14.7 Å². The smallest absolute Gasteiger partial charge is 0.321 e. The molecular weight excluding hydrogens is 356 g/mol. The molecule has 0 aliphatic carbocycles. The molecule has 2 aromatic heterocycles. The number of hydrogen-bond donors (Lipinski definition) is 1. The van der Waals surface area contributed by atoms with Gasteiger partial charge in [0, 0.05) is 37.6 Å². The fraction of sp³-hybridized carbons (Fsp3) is 0.350. The number of rotatable bonds is 4. The minimum atomic E-state index is -0.0661. The van der Waals surface area contributed by atoms with Crippen LogP contribution in [0.1, 0.15) is 24.2 Å². The van der Waals surface area contributed by atoms with E-state index in [4.69, 9.17) is 4.52 Å². The van der Waals surface area contributed by atoms with E-state index in [1.807, 2.05) is 36.1 Å². The van der Waals surface area contributed by atoms with Gasteiger partial charge in [0.2, 0.25) is 0 Å². The van der Waals surface area contributed by atoms with Gasteiger partial charge in [-0.2, -0.15) is 4.98 Å². The van der Waals surface area contributed by atoms with Crippen molar-refractivity contribution in [2.24, 2.45) is 5.92 Å². The van der Waals surface area contributed by atoms with E-state index < -0.39 is 0 Å². The van der Waals surface area contributed by atoms with Crippen LogP contribution in [-0.2, 0) is 6.42 Å². The molecule has 28 heavy (non-hydrogen) atoms. The Hall–Kier alpha value is -3.29. The average Bonchev–Trinajstić information content (AvgIpc) is 3.17. The van der Waals surface area contributed by atoms with Crippen LogP contribution in [0.5, 0.6) is 0 Å². The summed E-state index contributed by atoms with van der Waals surface area (Å²) in [5.41, 5.74) is 2.49. The summed E-state index contributed by atoms with van der Waals surface area (Å²) in [5.74, 6) is 1.30. The summed E-state index contributed by atoms with van der Waals surface area (Å²) in [6.07, 6.45) is 7.43. The molecule has 0 saturated carbocycles. The number of aromatic nitrogens is 4. The maximum Gasteiger partial charge on any atom is 0.321 e. The first kappa shape index (κ1) is 18.1. The summed E-state index contributed by atoms with van der Waals surface area (Å²) < 4.78 is 5.30. The van der Waals surface area contributed by atoms with Crippen molar-refractivity contribution in [1.29, 1.82) is 0 Å². The molecule has 144 valence electrons. The third-order valence-electron chi connectivity index (χ3n) is 4.80. The molecule has 3 heterocycles. The van der Waals surface area contributed by atoms with Gasteiger partial charge in [-0.25, -0.2) is 9.78 Å². The van der Waals surface area contributed by atoms with Gasteiger partial charge in [-0.3, -0.25) is 4.98 Å². The molecule has 3 aromatic rings. The lowest BCUT2D eigenvalue weighted by atomic mass is 9.95. The molecule has 0 bridgehead atoms. The number of anilines is 1. The van der Waals surface area contributed by atoms with Crippen LogP contribution < -0.4 is 5.32 Å². The van der Waals surface area contributed by atoms with Gasteiger partial charge in [0.25, 0.3) is 5.89 Å². The van der Waals surface area contributed by atoms with Crippen LogP contribution in [-0.4, -0.2) is 44.1 Å². The second-order valence-electron chi connectivity index (χ2n) is 7.06. The summed E-state index contributed by atoms with van der Waals surface area (Å²) in [5, 5.41) is 7.05. The molecule has 1 aliphatic heterocycles. The first-order chi connectivity index (χ1) is 13.7. The summed E-state index contributed by atoms with van der Waals surface area (Å²) in [6.45, 7) is 3.44. The van der Waals surface area contributed by atoms with E-state index in [9.17, 15) is 4.79 Å². The number of hydrogen-bond acceptors (Lipinski definition) is 6. The van der Waals surface area contributed by atoms with Gasteiger partial charge in [-0.15, -0.1) is 0 Å². The molecule has 1 fully saturated rings. The molecule has 0 radical (unpaired) electrons. The van der Waals surface area contributed by atoms with E-state index in [2.05, 4.69) is 25.4 Å². The summed E-state index contributed by atoms with van der Waals surface area (Å²) in [6, 6.07) is 7.75. The Morgan fingerprint density at radius 1 is 1.36 bits per heavy atom. The predicted molar refractivity (Wildman–Crippen MR) is 104 cm³/mol. The molecule has 1 aromatic carbocycles. The largest absolute Gasteiger partial charge is 0.332 e. The zero-order valence-electron chi connectivity index (χ0n) is 15.7. The van der Waals surface area contributed by atoms with Crippen molar-refractivity contribution < 1.29 is 9.32 Å². The molecule has 0 spiro atoms. The maximum absolute atomic E-state index is 12.6. The van der Waals surface area contributed by atoms with Gasteiger partial charge >= 0.3 is 6.03 Å². The lowest BCUT2D eigenvalue weighted by Gasteiger charge is -2.32. The SMILES string of the molecule is Cc1cccc(NC(=O)N2CCCC(Cc3noc(-c4cnccn4)n3)C2)c1. The number of benzene rings is 1. The monoisotopic (exact) mass is 378 g/mol. The highest BCUT2D eigenvalue weighted by Gasteiger charge is 2.25. The highest BCUT2D eigenvalue weighted by atomic mass is 16.5. The number of carbonyl (C=O) groups is 1. The van der Waals surface area contributed by atoms with Crippen LogP contribution in [0.15, 0.2) is 47.4 Å². The van der Waals surface area contributed by atoms with Crippen LogP contribution in [0.3, 0.4) is 0 Å². The maximum atomic E-state index is 12.6. The first-order valence-electron chi connectivity index (χ1n) is 9.39. The van der Waals surface area contributed by atoms with E-state index in [1.165, 1.54) is 0 Å². The molecule has 8 nitrogen and oxygen atoms in total. The zero-order chi connectivity index (χ0) is 19.3. The Labute approximate surface area is 163 Å². The predicted octanol–water partition coefficient (Wildman–Crippen LogP) is 3.32. The third-order valence-corrected chi connectivity index (χ3v) is 4.80. The van der Waals surface area contributed by atoms with Gasteiger partial charge in [-0.1, -0.05) is 17.3 Å². The van der Waals surface area contributed by atoms with E-state index in [0.717, 1.165) is 30.6 Å². The summed E-state index contributed by atoms with van der Waals surface area (Å²) >= 11 is 0. The van der Waals surface area contributed by atoms with E-state index in [1.54, 1.807) is 18.6 Å². The fourth-order valence-corrected chi connectivity index (χ4v) is 3.45. The standard InChI is InChI=1S/C20H22N6O2/c1-14-4-2-6-16(10-14)23-20(27)26-9-3-5-15(13-26)11-18-24-19(28-25-18)17-12-21-7-8-22-17/h2,4,6-8,10,12,15H,3,5,9,11,13H2,1H3,(H,23,27). The third kappa shape index (κ3) is 4.33. The Morgan fingerprint density at radius 2 is 2.29 bits per heavy atom. The number of aryl methyl sites for hydroxylation is 1. The first-order valence-corrected chi connectivity index (χ1v) is 9.39. The lowest BCUT2D eigenvalue weighted by Crippen LogP contribution is -2.42. The summed E-state index contributed by atoms with van der Waals surface area (Å²) in [7, 11) is 0. The normalized spacial score (nSPS) is 16.8. The van der Waals surface area contributed by atoms with Crippen molar-refractivity contribution in [3.05, 3.63) is 54.2 Å². The van der Waals surface area contributed by atoms with Crippen molar-refractivity contribution in [2.75, 3.05) is 18.4 Å². The fourth-order valence-electron chi connectivity index (χ4n) is 3.45. The average molecular weight is 378 g/mol. The molecule has 2 amide bonds. The van der Waals surface area contributed by atoms with Crippen molar-refractivity contribution in [3.8, 4) is 11.6 Å². The molecular formula is C20H22N6O2. The van der Waals surface area contributed by atoms with Gasteiger partial charge in [-0.05, 0) is 43.4 Å². The molecule has 1 atom stereocenters. The van der Waals surface area contributed by atoms with Crippen molar-refractivity contribution >= 4 is 11.7 Å². The minimum Gasteiger partial charge on any atom is -0.332 e. The van der Waals surface area contributed by atoms with Gasteiger partial charge in [0.1, 0.15) is 5.69 Å². The molecule has 1 unspecified atom stereocenters. The Morgan fingerprint density at radius 3 is 3.11 bits per heavy atom. The highest BCUT2D eigenvalue weighted by molar-refractivity contribution is 5.89. The molecule has 4 rings (SSSR count). The second-order valence-corrected chi connectivity index (χ2v) is 7.06.